The van der Waals surface area contributed by atoms with Crippen LogP contribution in [0.1, 0.15) is 96.6 Å². The third-order valence-electron chi connectivity index (χ3n) is 8.97. The molecule has 0 radical (unpaired) electrons. The lowest BCUT2D eigenvalue weighted by Crippen LogP contribution is -2.53. The van der Waals surface area contributed by atoms with Crippen LogP contribution in [0.15, 0.2) is 30.3 Å². The lowest BCUT2D eigenvalue weighted by molar-refractivity contribution is -0.185. The number of halogens is 6. The van der Waals surface area contributed by atoms with Crippen molar-refractivity contribution in [1.82, 2.24) is 4.90 Å². The first-order chi connectivity index (χ1) is 20.3. The fraction of sp³-hybridized carbons (Fsp3) is 0.667. The molecule has 3 aliphatic rings. The van der Waals surface area contributed by atoms with Crippen LogP contribution < -0.4 is 4.74 Å². The number of hydrogen-bond acceptors (Lipinski definition) is 4. The number of fused-ring (bicyclic) bond motifs is 3. The highest BCUT2D eigenvalue weighted by atomic mass is 19.4. The molecule has 240 valence electrons. The molecule has 1 aliphatic carbocycles. The first kappa shape index (κ1) is 33.4. The molecule has 0 aromatic heterocycles. The van der Waals surface area contributed by atoms with E-state index >= 15 is 0 Å². The van der Waals surface area contributed by atoms with Crippen molar-refractivity contribution in [2.75, 3.05) is 0 Å². The second-order valence-electron chi connectivity index (χ2n) is 12.1. The first-order valence-corrected chi connectivity index (χ1v) is 15.6. The zero-order valence-corrected chi connectivity index (χ0v) is 25.4. The Kier molecular flexibility index (Phi) is 10.6. The summed E-state index contributed by atoms with van der Waals surface area (Å²) in [5.74, 6) is -2.19. The van der Waals surface area contributed by atoms with Crippen LogP contribution in [0.25, 0.3) is 10.8 Å². The van der Waals surface area contributed by atoms with Gasteiger partial charge in [-0.15, -0.1) is 0 Å². The average molecular weight is 616 g/mol. The minimum atomic E-state index is -4.72. The normalized spacial score (nSPS) is 26.5. The van der Waals surface area contributed by atoms with E-state index in [1.165, 1.54) is 6.07 Å². The van der Waals surface area contributed by atoms with E-state index in [-0.39, 0.29) is 66.9 Å². The number of benzene rings is 2. The van der Waals surface area contributed by atoms with Crippen LogP contribution in [-0.2, 0) is 22.3 Å². The standard InChI is InChI=1S/C31H37F6NO3.C2H6/c1-18(2)40-29(39)21-15-23-7-4-8-24(16-21)38(23)17-20-6-3-5-19-9-14-26(28(27(19)20)31(35,36)37)41-25-12-10-22(11-13-25)30(32,33)34;1-2/h3,5-6,9,14,18,21-25H,4,7-8,10-13,15-17H2,1-2H3;1-2H3. The minimum absolute atomic E-state index is 0.0543. The fourth-order valence-electron chi connectivity index (χ4n) is 7.09. The number of alkyl halides is 6. The number of piperidine rings is 2. The molecule has 2 aromatic rings. The van der Waals surface area contributed by atoms with Gasteiger partial charge in [0.1, 0.15) is 11.3 Å². The predicted molar refractivity (Wildman–Crippen MR) is 154 cm³/mol. The summed E-state index contributed by atoms with van der Waals surface area (Å²) in [4.78, 5) is 14.9. The van der Waals surface area contributed by atoms with E-state index < -0.39 is 29.9 Å². The third kappa shape index (κ3) is 7.78. The molecule has 2 saturated heterocycles. The molecule has 5 rings (SSSR count). The molecule has 3 fully saturated rings. The quantitative estimate of drug-likeness (QED) is 0.240. The summed E-state index contributed by atoms with van der Waals surface area (Å²) in [7, 11) is 0. The third-order valence-corrected chi connectivity index (χ3v) is 8.97. The van der Waals surface area contributed by atoms with Crippen LogP contribution in [0.4, 0.5) is 26.3 Å². The minimum Gasteiger partial charge on any atom is -0.490 e. The van der Waals surface area contributed by atoms with Crippen molar-refractivity contribution in [3.05, 3.63) is 41.5 Å². The zero-order chi connectivity index (χ0) is 31.5. The van der Waals surface area contributed by atoms with Crippen LogP contribution in [-0.4, -0.2) is 41.3 Å². The number of rotatable bonds is 6. The number of nitrogens with zero attached hydrogens (tertiary/aromatic N) is 1. The molecule has 0 N–H and O–H groups in total. The summed E-state index contributed by atoms with van der Waals surface area (Å²) in [5.41, 5.74) is -0.342. The Hall–Kier alpha value is -2.49. The van der Waals surface area contributed by atoms with Crippen molar-refractivity contribution in [1.29, 1.82) is 0 Å². The smallest absolute Gasteiger partial charge is 0.420 e. The van der Waals surface area contributed by atoms with Gasteiger partial charge < -0.3 is 9.47 Å². The number of esters is 1. The Balaban J connectivity index is 0.00000207. The fourth-order valence-corrected chi connectivity index (χ4v) is 7.09. The predicted octanol–water partition coefficient (Wildman–Crippen LogP) is 9.47. The second kappa shape index (κ2) is 13.7. The molecule has 4 nitrogen and oxygen atoms in total. The summed E-state index contributed by atoms with van der Waals surface area (Å²) in [5, 5.41) is 0.504. The van der Waals surface area contributed by atoms with Gasteiger partial charge in [0.2, 0.25) is 0 Å². The molecule has 10 heteroatoms. The van der Waals surface area contributed by atoms with Crippen molar-refractivity contribution >= 4 is 16.7 Å². The van der Waals surface area contributed by atoms with Gasteiger partial charge >= 0.3 is 18.3 Å². The van der Waals surface area contributed by atoms with Gasteiger partial charge in [-0.25, -0.2) is 0 Å². The van der Waals surface area contributed by atoms with E-state index in [9.17, 15) is 31.1 Å². The van der Waals surface area contributed by atoms with Gasteiger partial charge in [0, 0.05) is 24.0 Å². The monoisotopic (exact) mass is 615 g/mol. The molecule has 2 atom stereocenters. The van der Waals surface area contributed by atoms with Crippen LogP contribution in [0.3, 0.4) is 0 Å². The molecule has 1 saturated carbocycles. The summed E-state index contributed by atoms with van der Waals surface area (Å²) in [6, 6.07) is 8.14. The molecule has 0 amide bonds. The Morgan fingerprint density at radius 3 is 2.09 bits per heavy atom. The first-order valence-electron chi connectivity index (χ1n) is 15.6. The lowest BCUT2D eigenvalue weighted by atomic mass is 9.78. The highest BCUT2D eigenvalue weighted by Gasteiger charge is 2.44. The summed E-state index contributed by atoms with van der Waals surface area (Å²) in [6.07, 6.45) is -6.15. The van der Waals surface area contributed by atoms with Crippen molar-refractivity contribution in [3.8, 4) is 5.75 Å². The van der Waals surface area contributed by atoms with Crippen LogP contribution in [0, 0.1) is 11.8 Å². The number of carbonyl (C=O) groups excluding carboxylic acids is 1. The van der Waals surface area contributed by atoms with Gasteiger partial charge in [0.25, 0.3) is 0 Å². The van der Waals surface area contributed by atoms with E-state index in [1.54, 1.807) is 24.3 Å². The Labute approximate surface area is 250 Å². The van der Waals surface area contributed by atoms with E-state index in [2.05, 4.69) is 4.90 Å². The summed E-state index contributed by atoms with van der Waals surface area (Å²) in [6.45, 7) is 7.94. The van der Waals surface area contributed by atoms with E-state index in [4.69, 9.17) is 9.47 Å². The average Bonchev–Trinajstić information content (AvgIpc) is 2.93. The summed E-state index contributed by atoms with van der Waals surface area (Å²) >= 11 is 0. The van der Waals surface area contributed by atoms with Crippen LogP contribution >= 0.6 is 0 Å². The molecule has 43 heavy (non-hydrogen) atoms. The van der Waals surface area contributed by atoms with Gasteiger partial charge in [-0.1, -0.05) is 44.5 Å². The van der Waals surface area contributed by atoms with Gasteiger partial charge in [0.15, 0.2) is 0 Å². The van der Waals surface area contributed by atoms with Gasteiger partial charge in [-0.2, -0.15) is 26.3 Å². The van der Waals surface area contributed by atoms with Gasteiger partial charge in [0.05, 0.1) is 24.0 Å². The molecule has 2 aromatic carbocycles. The molecule has 2 bridgehead atoms. The molecule has 2 aliphatic heterocycles. The van der Waals surface area contributed by atoms with Crippen molar-refractivity contribution < 1.29 is 40.6 Å². The number of hydrogen-bond donors (Lipinski definition) is 0. The molecule has 2 unspecified atom stereocenters. The van der Waals surface area contributed by atoms with Crippen molar-refractivity contribution in [2.45, 2.75) is 129 Å². The highest BCUT2D eigenvalue weighted by Crippen LogP contribution is 2.46. The van der Waals surface area contributed by atoms with Gasteiger partial charge in [-0.3, -0.25) is 9.69 Å². The topological polar surface area (TPSA) is 38.8 Å². The Bertz CT molecular complexity index is 1220. The zero-order valence-electron chi connectivity index (χ0n) is 25.4. The van der Waals surface area contributed by atoms with E-state index in [1.807, 2.05) is 27.7 Å². The largest absolute Gasteiger partial charge is 0.490 e. The number of ether oxygens (including phenoxy) is 2. The van der Waals surface area contributed by atoms with Gasteiger partial charge in [-0.05, 0) is 82.2 Å². The second-order valence-corrected chi connectivity index (χ2v) is 12.1. The van der Waals surface area contributed by atoms with E-state index in [0.717, 1.165) is 19.3 Å². The Morgan fingerprint density at radius 1 is 0.907 bits per heavy atom. The summed E-state index contributed by atoms with van der Waals surface area (Å²) < 4.78 is 94.7. The molecular formula is C33H43F6NO3. The van der Waals surface area contributed by atoms with Crippen molar-refractivity contribution in [2.24, 2.45) is 11.8 Å². The van der Waals surface area contributed by atoms with Crippen LogP contribution in [0.5, 0.6) is 5.75 Å². The van der Waals surface area contributed by atoms with E-state index in [0.29, 0.717) is 30.3 Å². The van der Waals surface area contributed by atoms with Crippen LogP contribution in [0.2, 0.25) is 0 Å². The molecule has 2 heterocycles. The maximum Gasteiger partial charge on any atom is 0.420 e. The molecular weight excluding hydrogens is 572 g/mol. The maximum atomic E-state index is 14.7. The molecule has 0 spiro atoms. The lowest BCUT2D eigenvalue weighted by Gasteiger charge is -2.48. The van der Waals surface area contributed by atoms with Crippen molar-refractivity contribution in [3.63, 3.8) is 0 Å². The maximum absolute atomic E-state index is 14.7. The highest BCUT2D eigenvalue weighted by molar-refractivity contribution is 5.91. The number of carbonyl (C=O) groups is 1. The Morgan fingerprint density at radius 2 is 1.53 bits per heavy atom. The SMILES string of the molecule is CC.CC(C)OC(=O)C1CC2CCCC(C1)N2Cc1cccc2ccc(OC3CCC(C(F)(F)F)CC3)c(C(F)(F)F)c12.